The van der Waals surface area contributed by atoms with Gasteiger partial charge in [0, 0.05) is 7.11 Å². The molecule has 4 heterocycles. The number of nitrogens with two attached hydrogens (primary N) is 1. The highest BCUT2D eigenvalue weighted by Gasteiger charge is 2.54. The van der Waals surface area contributed by atoms with Crippen LogP contribution in [0.3, 0.4) is 0 Å². The molecule has 32 heavy (non-hydrogen) atoms. The van der Waals surface area contributed by atoms with Gasteiger partial charge in [-0.15, -0.1) is 0 Å². The van der Waals surface area contributed by atoms with Gasteiger partial charge in [-0.3, -0.25) is 13.7 Å². The van der Waals surface area contributed by atoms with Crippen LogP contribution in [-0.2, 0) is 32.6 Å². The van der Waals surface area contributed by atoms with Crippen molar-refractivity contribution in [1.29, 1.82) is 0 Å². The number of methoxy groups -OCH3 is 1. The average molecular weight is 513 g/mol. The van der Waals surface area contributed by atoms with Gasteiger partial charge in [0.05, 0.1) is 12.9 Å². The molecule has 0 amide bonds. The number of rotatable bonds is 8. The molecule has 2 aromatic rings. The van der Waals surface area contributed by atoms with Crippen molar-refractivity contribution in [3.63, 3.8) is 0 Å². The molecule has 6 atom stereocenters. The molecule has 2 aromatic heterocycles. The van der Waals surface area contributed by atoms with E-state index in [1.807, 2.05) is 0 Å². The van der Waals surface area contributed by atoms with Crippen molar-refractivity contribution < 1.29 is 47.3 Å². The van der Waals surface area contributed by atoms with Crippen LogP contribution in [0.2, 0.25) is 0 Å². The molecule has 4 rings (SSSR count). The summed E-state index contributed by atoms with van der Waals surface area (Å²) < 4.78 is 52.1. The summed E-state index contributed by atoms with van der Waals surface area (Å²) in [6.45, 7) is -1.52. The van der Waals surface area contributed by atoms with Crippen LogP contribution in [0.4, 0.5) is 5.82 Å². The summed E-state index contributed by atoms with van der Waals surface area (Å²) in [6, 6.07) is 0. The van der Waals surface area contributed by atoms with Gasteiger partial charge in [0.25, 0.3) is 6.48 Å². The number of nitrogen functional groups attached to an aromatic ring is 1. The molecular weight excluding hydrogens is 492 g/mol. The maximum Gasteiger partial charge on any atom is 0.340 e. The Kier molecular flexibility index (Phi) is 6.66. The minimum absolute atomic E-state index is 0.185. The molecule has 0 saturated carbocycles. The molecule has 0 aromatic carbocycles. The van der Waals surface area contributed by atoms with Gasteiger partial charge in [0.1, 0.15) is 23.8 Å². The number of hydrogen-bond acceptors (Lipinski definition) is 12. The Labute approximate surface area is 185 Å². The molecule has 178 valence electrons. The van der Waals surface area contributed by atoms with Crippen molar-refractivity contribution in [1.82, 2.24) is 19.5 Å². The minimum atomic E-state index is -4.77. The van der Waals surface area contributed by atoms with E-state index in [0.29, 0.717) is 16.3 Å². The van der Waals surface area contributed by atoms with Crippen LogP contribution in [0.25, 0.3) is 11.2 Å². The molecule has 0 aliphatic carbocycles. The highest BCUT2D eigenvalue weighted by atomic mass is 32.2. The number of ether oxygens (including phenoxy) is 4. The Balaban J connectivity index is 1.60. The lowest BCUT2D eigenvalue weighted by molar-refractivity contribution is -0.256. The highest BCUT2D eigenvalue weighted by molar-refractivity contribution is 7.98. The van der Waals surface area contributed by atoms with E-state index < -0.39 is 58.7 Å². The topological polar surface area (TPSA) is 211 Å². The lowest BCUT2D eigenvalue weighted by atomic mass is 10.1. The van der Waals surface area contributed by atoms with Gasteiger partial charge >= 0.3 is 15.2 Å². The zero-order chi connectivity index (χ0) is 23.3. The van der Waals surface area contributed by atoms with Gasteiger partial charge in [-0.05, 0) is 6.26 Å². The molecule has 2 saturated heterocycles. The second kappa shape index (κ2) is 8.89. The van der Waals surface area contributed by atoms with Crippen LogP contribution in [-0.4, -0.2) is 84.9 Å². The van der Waals surface area contributed by atoms with Crippen LogP contribution in [0.5, 0.6) is 0 Å². The Bertz CT molecular complexity index is 1100. The first-order chi connectivity index (χ1) is 15.0. The van der Waals surface area contributed by atoms with Crippen molar-refractivity contribution in [3.05, 3.63) is 6.33 Å². The predicted molar refractivity (Wildman–Crippen MR) is 109 cm³/mol. The van der Waals surface area contributed by atoms with Gasteiger partial charge in [0.15, 0.2) is 28.8 Å². The van der Waals surface area contributed by atoms with Crippen molar-refractivity contribution in [3.8, 4) is 0 Å². The lowest BCUT2D eigenvalue weighted by Crippen LogP contribution is -2.31. The summed E-state index contributed by atoms with van der Waals surface area (Å²) in [4.78, 5) is 40.5. The molecule has 2 aliphatic rings. The molecule has 18 heteroatoms. The van der Waals surface area contributed by atoms with Crippen molar-refractivity contribution in [2.24, 2.45) is 0 Å². The molecular formula is C14H21N5O10P2S. The monoisotopic (exact) mass is 513 g/mol. The molecule has 2 unspecified atom stereocenters. The average Bonchev–Trinajstić information content (AvgIpc) is 3.37. The number of fused-ring (bicyclic) bond motifs is 2. The fraction of sp³-hybridized carbons (Fsp3) is 0.643. The predicted octanol–water partition coefficient (Wildman–Crippen LogP) is 0.0790. The third kappa shape index (κ3) is 4.86. The number of nitrogens with zero attached hydrogens (tertiary/aromatic N) is 4. The summed E-state index contributed by atoms with van der Waals surface area (Å²) in [6.07, 6.45) is -0.0596. The Morgan fingerprint density at radius 2 is 1.94 bits per heavy atom. The quantitative estimate of drug-likeness (QED) is 0.209. The summed E-state index contributed by atoms with van der Waals surface area (Å²) in [7, 11) is -7.99. The van der Waals surface area contributed by atoms with Gasteiger partial charge < -0.3 is 43.9 Å². The standard InChI is InChI=1S/C14H21N5O10P2S/c1-25-14-28-8-6(3-26-31(23,24)5-30(20,21)22)27-12(9(8)29-14)19-4-16-7-10(15)17-13(32-2)18-11(7)19/h4,6,8-9,12,14H,3,5H2,1-2H3,(H,23,24)(H2,15,17,18)(H2,20,21,22)/t6-,8-,9-,12-,14?/m0/s1. The zero-order valence-electron chi connectivity index (χ0n) is 16.7. The van der Waals surface area contributed by atoms with Gasteiger partial charge in [-0.1, -0.05) is 11.8 Å². The molecule has 0 radical (unpaired) electrons. The smallest absolute Gasteiger partial charge is 0.340 e. The van der Waals surface area contributed by atoms with Crippen LogP contribution in [0.1, 0.15) is 6.23 Å². The van der Waals surface area contributed by atoms with Crippen molar-refractivity contribution >= 4 is 43.9 Å². The first-order valence-corrected chi connectivity index (χ1v) is 13.8. The van der Waals surface area contributed by atoms with Crippen LogP contribution in [0, 0.1) is 0 Å². The SMILES string of the molecule is COC1O[C@@H]2[C@H](O1)[C@@H](n1cnc3c(N)nc(SC)nc31)O[C@H]2COP(=O)(O)CP(=O)(O)O. The van der Waals surface area contributed by atoms with Gasteiger partial charge in [-0.2, -0.15) is 0 Å². The van der Waals surface area contributed by atoms with Gasteiger partial charge in [0.2, 0.25) is 0 Å². The first kappa shape index (κ1) is 24.0. The van der Waals surface area contributed by atoms with E-state index in [1.165, 1.54) is 25.2 Å². The number of anilines is 1. The number of hydrogen-bond donors (Lipinski definition) is 4. The Hall–Kier alpha value is -1.16. The number of aromatic nitrogens is 4. The van der Waals surface area contributed by atoms with E-state index >= 15 is 0 Å². The van der Waals surface area contributed by atoms with E-state index in [2.05, 4.69) is 15.0 Å². The maximum absolute atomic E-state index is 12.0. The number of imidazole rings is 1. The normalized spacial score (nSPS) is 30.0. The van der Waals surface area contributed by atoms with Crippen LogP contribution >= 0.6 is 27.0 Å². The molecule has 5 N–H and O–H groups in total. The van der Waals surface area contributed by atoms with E-state index in [1.54, 1.807) is 10.8 Å². The largest absolute Gasteiger partial charge is 0.382 e. The summed E-state index contributed by atoms with van der Waals surface area (Å²) in [5.41, 5.74) is 6.70. The molecule has 2 aliphatic heterocycles. The molecule has 2 fully saturated rings. The highest BCUT2D eigenvalue weighted by Crippen LogP contribution is 2.55. The Morgan fingerprint density at radius 1 is 1.22 bits per heavy atom. The van der Waals surface area contributed by atoms with E-state index in [4.69, 9.17) is 39.0 Å². The van der Waals surface area contributed by atoms with Crippen LogP contribution < -0.4 is 5.73 Å². The molecule has 15 nitrogen and oxygen atoms in total. The second-order valence-corrected chi connectivity index (χ2v) is 11.7. The maximum atomic E-state index is 12.0. The first-order valence-electron chi connectivity index (χ1n) is 9.05. The molecule has 0 bridgehead atoms. The fourth-order valence-corrected chi connectivity index (χ4v) is 6.37. The van der Waals surface area contributed by atoms with Crippen molar-refractivity contribution in [2.75, 3.05) is 31.6 Å². The minimum Gasteiger partial charge on any atom is -0.382 e. The third-order valence-electron chi connectivity index (χ3n) is 4.70. The second-order valence-electron chi connectivity index (χ2n) is 6.95. The van der Waals surface area contributed by atoms with E-state index in [9.17, 15) is 14.0 Å². The van der Waals surface area contributed by atoms with E-state index in [0.717, 1.165) is 0 Å². The third-order valence-corrected chi connectivity index (χ3v) is 8.71. The lowest BCUT2D eigenvalue weighted by Gasteiger charge is -2.21. The summed E-state index contributed by atoms with van der Waals surface area (Å²) >= 11 is 1.29. The Morgan fingerprint density at radius 3 is 2.59 bits per heavy atom. The number of thioether (sulfide) groups is 1. The zero-order valence-corrected chi connectivity index (χ0v) is 19.4. The fourth-order valence-electron chi connectivity index (χ4n) is 3.43. The van der Waals surface area contributed by atoms with E-state index in [-0.39, 0.29) is 5.82 Å². The van der Waals surface area contributed by atoms with Crippen LogP contribution in [0.15, 0.2) is 11.5 Å². The molecule has 0 spiro atoms. The van der Waals surface area contributed by atoms with Gasteiger partial charge in [-0.25, -0.2) is 15.0 Å². The summed E-state index contributed by atoms with van der Waals surface area (Å²) in [5, 5.41) is 0.420. The van der Waals surface area contributed by atoms with Crippen molar-refractivity contribution in [2.45, 2.75) is 36.2 Å². The summed E-state index contributed by atoms with van der Waals surface area (Å²) in [5.74, 6) is -1.13.